The molecule has 2 rings (SSSR count). The molecule has 1 aliphatic rings. The Balaban J connectivity index is 0.000000315. The third-order valence-electron chi connectivity index (χ3n) is 4.32. The summed E-state index contributed by atoms with van der Waals surface area (Å²) >= 11 is 5.38. The summed E-state index contributed by atoms with van der Waals surface area (Å²) in [7, 11) is 0. The van der Waals surface area contributed by atoms with Gasteiger partial charge in [0.15, 0.2) is 0 Å². The second-order valence-electron chi connectivity index (χ2n) is 6.07. The average molecular weight is 311 g/mol. The zero-order chi connectivity index (χ0) is 15.3. The SMILES string of the molecule is CCCCCCl.OCC(CC1CCCC1)c1ccccc1. The van der Waals surface area contributed by atoms with Crippen LogP contribution in [-0.2, 0) is 0 Å². The predicted octanol–water partition coefficient (Wildman–Crippen LogP) is 5.76. The number of halogens is 1. The van der Waals surface area contributed by atoms with Gasteiger partial charge in [0, 0.05) is 18.4 Å². The van der Waals surface area contributed by atoms with Crippen LogP contribution in [0.1, 0.15) is 69.8 Å². The molecule has 0 bridgehead atoms. The van der Waals surface area contributed by atoms with Gasteiger partial charge in [0.2, 0.25) is 0 Å². The van der Waals surface area contributed by atoms with E-state index in [2.05, 4.69) is 31.2 Å². The van der Waals surface area contributed by atoms with Crippen LogP contribution >= 0.6 is 11.6 Å². The van der Waals surface area contributed by atoms with E-state index >= 15 is 0 Å². The number of hydrogen-bond acceptors (Lipinski definition) is 1. The second kappa shape index (κ2) is 12.1. The molecule has 21 heavy (non-hydrogen) atoms. The third-order valence-corrected chi connectivity index (χ3v) is 4.59. The van der Waals surface area contributed by atoms with E-state index in [4.69, 9.17) is 11.6 Å². The first-order valence-electron chi connectivity index (χ1n) is 8.53. The molecule has 1 aromatic rings. The molecule has 1 saturated carbocycles. The van der Waals surface area contributed by atoms with Crippen LogP contribution in [0.15, 0.2) is 30.3 Å². The maximum atomic E-state index is 9.44. The Morgan fingerprint density at radius 1 is 1.14 bits per heavy atom. The molecule has 2 heteroatoms. The fourth-order valence-corrected chi connectivity index (χ4v) is 3.22. The van der Waals surface area contributed by atoms with Crippen molar-refractivity contribution in [3.05, 3.63) is 35.9 Å². The minimum Gasteiger partial charge on any atom is -0.396 e. The summed E-state index contributed by atoms with van der Waals surface area (Å²) in [5.74, 6) is 2.03. The number of aliphatic hydroxyl groups is 1. The maximum Gasteiger partial charge on any atom is 0.0499 e. The first-order chi connectivity index (χ1) is 10.3. The highest BCUT2D eigenvalue weighted by molar-refractivity contribution is 6.17. The van der Waals surface area contributed by atoms with Crippen molar-refractivity contribution in [2.45, 2.75) is 64.2 Å². The summed E-state index contributed by atoms with van der Waals surface area (Å²) in [6.45, 7) is 2.47. The van der Waals surface area contributed by atoms with Gasteiger partial charge in [-0.05, 0) is 24.3 Å². The lowest BCUT2D eigenvalue weighted by Crippen LogP contribution is -2.09. The zero-order valence-electron chi connectivity index (χ0n) is 13.4. The Hall–Kier alpha value is -0.530. The smallest absolute Gasteiger partial charge is 0.0499 e. The molecular weight excluding hydrogens is 280 g/mol. The van der Waals surface area contributed by atoms with Crippen molar-refractivity contribution in [3.8, 4) is 0 Å². The Morgan fingerprint density at radius 2 is 1.81 bits per heavy atom. The van der Waals surface area contributed by atoms with Gasteiger partial charge >= 0.3 is 0 Å². The molecule has 0 spiro atoms. The first kappa shape index (κ1) is 18.5. The van der Waals surface area contributed by atoms with E-state index < -0.39 is 0 Å². The van der Waals surface area contributed by atoms with Gasteiger partial charge in [-0.2, -0.15) is 0 Å². The number of benzene rings is 1. The van der Waals surface area contributed by atoms with Crippen LogP contribution in [0.4, 0.5) is 0 Å². The number of aliphatic hydroxyl groups excluding tert-OH is 1. The number of hydrogen-bond donors (Lipinski definition) is 1. The fourth-order valence-electron chi connectivity index (χ4n) is 3.03. The van der Waals surface area contributed by atoms with Gasteiger partial charge in [-0.15, -0.1) is 11.6 Å². The van der Waals surface area contributed by atoms with Crippen LogP contribution in [0.5, 0.6) is 0 Å². The molecule has 0 radical (unpaired) electrons. The average Bonchev–Trinajstić information content (AvgIpc) is 3.05. The van der Waals surface area contributed by atoms with Crippen LogP contribution in [0, 0.1) is 5.92 Å². The van der Waals surface area contributed by atoms with Crippen molar-refractivity contribution in [3.63, 3.8) is 0 Å². The Labute approximate surface area is 135 Å². The highest BCUT2D eigenvalue weighted by atomic mass is 35.5. The highest BCUT2D eigenvalue weighted by Gasteiger charge is 2.20. The Bertz CT molecular complexity index is 329. The van der Waals surface area contributed by atoms with Gasteiger partial charge in [0.25, 0.3) is 0 Å². The van der Waals surface area contributed by atoms with Crippen LogP contribution < -0.4 is 0 Å². The molecule has 1 unspecified atom stereocenters. The van der Waals surface area contributed by atoms with Crippen molar-refractivity contribution in [1.29, 1.82) is 0 Å². The van der Waals surface area contributed by atoms with Crippen LogP contribution in [0.3, 0.4) is 0 Å². The minimum atomic E-state index is 0.292. The molecule has 1 atom stereocenters. The summed E-state index contributed by atoms with van der Waals surface area (Å²) in [5.41, 5.74) is 1.30. The Kier molecular flexibility index (Phi) is 10.6. The molecule has 1 fully saturated rings. The number of unbranched alkanes of at least 4 members (excludes halogenated alkanes) is 2. The van der Waals surface area contributed by atoms with Crippen molar-refractivity contribution < 1.29 is 5.11 Å². The van der Waals surface area contributed by atoms with E-state index in [1.165, 1.54) is 56.9 Å². The molecule has 1 N–H and O–H groups in total. The predicted molar refractivity (Wildman–Crippen MR) is 93.1 cm³/mol. The number of rotatable bonds is 7. The van der Waals surface area contributed by atoms with Crippen molar-refractivity contribution >= 4 is 11.6 Å². The molecule has 0 saturated heterocycles. The van der Waals surface area contributed by atoms with Crippen LogP contribution in [-0.4, -0.2) is 17.6 Å². The summed E-state index contributed by atoms with van der Waals surface area (Å²) in [4.78, 5) is 0. The zero-order valence-corrected chi connectivity index (χ0v) is 14.2. The monoisotopic (exact) mass is 310 g/mol. The van der Waals surface area contributed by atoms with E-state index in [1.54, 1.807) is 0 Å². The Morgan fingerprint density at radius 3 is 2.29 bits per heavy atom. The standard InChI is InChI=1S/C14H20O.C5H11Cl/c15-11-14(10-12-6-4-5-7-12)13-8-2-1-3-9-13;1-2-3-4-5-6/h1-3,8-9,12,14-15H,4-7,10-11H2;2-5H2,1H3. The van der Waals surface area contributed by atoms with Crippen molar-refractivity contribution in [2.24, 2.45) is 5.92 Å². The van der Waals surface area contributed by atoms with Gasteiger partial charge in [0.1, 0.15) is 0 Å². The minimum absolute atomic E-state index is 0.292. The summed E-state index contributed by atoms with van der Waals surface area (Å²) in [6.07, 6.45) is 10.4. The summed E-state index contributed by atoms with van der Waals surface area (Å²) in [5, 5.41) is 9.44. The molecule has 120 valence electrons. The largest absolute Gasteiger partial charge is 0.396 e. The third kappa shape index (κ3) is 7.87. The summed E-state index contributed by atoms with van der Waals surface area (Å²) in [6, 6.07) is 10.4. The molecule has 0 aliphatic heterocycles. The topological polar surface area (TPSA) is 20.2 Å². The van der Waals surface area contributed by atoms with Crippen molar-refractivity contribution in [1.82, 2.24) is 0 Å². The van der Waals surface area contributed by atoms with Gasteiger partial charge in [-0.3, -0.25) is 0 Å². The van der Waals surface area contributed by atoms with E-state index in [0.717, 1.165) is 11.8 Å². The first-order valence-corrected chi connectivity index (χ1v) is 9.07. The van der Waals surface area contributed by atoms with Crippen molar-refractivity contribution in [2.75, 3.05) is 12.5 Å². The van der Waals surface area contributed by atoms with Gasteiger partial charge in [-0.25, -0.2) is 0 Å². The molecule has 1 aliphatic carbocycles. The van der Waals surface area contributed by atoms with Gasteiger partial charge in [-0.1, -0.05) is 75.8 Å². The van der Waals surface area contributed by atoms with E-state index in [1.807, 2.05) is 6.07 Å². The van der Waals surface area contributed by atoms with Crippen LogP contribution in [0.25, 0.3) is 0 Å². The molecule has 0 aromatic heterocycles. The maximum absolute atomic E-state index is 9.44. The lowest BCUT2D eigenvalue weighted by molar-refractivity contribution is 0.244. The molecular formula is C19H31ClO. The van der Waals surface area contributed by atoms with E-state index in [-0.39, 0.29) is 0 Å². The molecule has 1 aromatic carbocycles. The molecule has 0 amide bonds. The van der Waals surface area contributed by atoms with E-state index in [9.17, 15) is 5.11 Å². The summed E-state index contributed by atoms with van der Waals surface area (Å²) < 4.78 is 0. The quantitative estimate of drug-likeness (QED) is 0.501. The highest BCUT2D eigenvalue weighted by Crippen LogP contribution is 2.33. The fraction of sp³-hybridized carbons (Fsp3) is 0.684. The van der Waals surface area contributed by atoms with Gasteiger partial charge < -0.3 is 5.11 Å². The molecule has 0 heterocycles. The molecule has 1 nitrogen and oxygen atoms in total. The lowest BCUT2D eigenvalue weighted by Gasteiger charge is -2.18. The van der Waals surface area contributed by atoms with Gasteiger partial charge in [0.05, 0.1) is 0 Å². The lowest BCUT2D eigenvalue weighted by atomic mass is 9.88. The van der Waals surface area contributed by atoms with Crippen LogP contribution in [0.2, 0.25) is 0 Å². The van der Waals surface area contributed by atoms with E-state index in [0.29, 0.717) is 12.5 Å². The second-order valence-corrected chi connectivity index (χ2v) is 6.45. The normalized spacial score (nSPS) is 16.3. The number of alkyl halides is 1.